The van der Waals surface area contributed by atoms with Crippen LogP contribution in [-0.2, 0) is 4.79 Å². The van der Waals surface area contributed by atoms with E-state index < -0.39 is 0 Å². The van der Waals surface area contributed by atoms with Crippen LogP contribution in [0.2, 0.25) is 0 Å². The van der Waals surface area contributed by atoms with Gasteiger partial charge in [-0.05, 0) is 54.8 Å². The van der Waals surface area contributed by atoms with E-state index in [2.05, 4.69) is 6.92 Å². The molecule has 0 bridgehead atoms. The highest BCUT2D eigenvalue weighted by atomic mass is 32.2. The van der Waals surface area contributed by atoms with Crippen molar-refractivity contribution in [1.29, 1.82) is 0 Å². The molecule has 134 valence electrons. The third-order valence-corrected chi connectivity index (χ3v) is 5.30. The maximum Gasteiger partial charge on any atom is 0.270 e. The Morgan fingerprint density at radius 1 is 1.19 bits per heavy atom. The van der Waals surface area contributed by atoms with Crippen molar-refractivity contribution in [2.45, 2.75) is 26.7 Å². The van der Waals surface area contributed by atoms with Crippen molar-refractivity contribution in [3.05, 3.63) is 64.6 Å². The van der Waals surface area contributed by atoms with E-state index >= 15 is 0 Å². The summed E-state index contributed by atoms with van der Waals surface area (Å²) in [5.74, 6) is 0.775. The number of unbranched alkanes of at least 4 members (excludes halogenated alkanes) is 1. The number of ether oxygens (including phenoxy) is 1. The summed E-state index contributed by atoms with van der Waals surface area (Å²) in [6.45, 7) is 4.87. The molecule has 1 fully saturated rings. The topological polar surface area (TPSA) is 29.5 Å². The molecule has 0 N–H and O–H groups in total. The minimum Gasteiger partial charge on any atom is -0.494 e. The first-order chi connectivity index (χ1) is 12.6. The van der Waals surface area contributed by atoms with Crippen LogP contribution in [-0.4, -0.2) is 16.8 Å². The van der Waals surface area contributed by atoms with E-state index in [1.54, 1.807) is 4.90 Å². The van der Waals surface area contributed by atoms with Gasteiger partial charge in [-0.25, -0.2) is 0 Å². The van der Waals surface area contributed by atoms with Crippen molar-refractivity contribution in [3.63, 3.8) is 0 Å². The minimum atomic E-state index is -0.0751. The van der Waals surface area contributed by atoms with Crippen molar-refractivity contribution in [1.82, 2.24) is 0 Å². The molecule has 2 aromatic rings. The van der Waals surface area contributed by atoms with Crippen LogP contribution in [0.3, 0.4) is 0 Å². The molecule has 5 heteroatoms. The van der Waals surface area contributed by atoms with E-state index in [-0.39, 0.29) is 5.91 Å². The third kappa shape index (κ3) is 4.34. The van der Waals surface area contributed by atoms with Gasteiger partial charge < -0.3 is 4.74 Å². The molecule has 0 unspecified atom stereocenters. The second-order valence-electron chi connectivity index (χ2n) is 6.13. The summed E-state index contributed by atoms with van der Waals surface area (Å²) < 4.78 is 6.24. The standard InChI is InChI=1S/C21H21NO2S2/c1-3-4-12-24-18-10-8-16(9-11-18)14-19-20(23)22(21(25)26-19)17-7-5-6-15(2)13-17/h5-11,13-14H,3-4,12H2,1-2H3. The van der Waals surface area contributed by atoms with Crippen LogP contribution in [0, 0.1) is 6.92 Å². The van der Waals surface area contributed by atoms with Crippen LogP contribution in [0.4, 0.5) is 5.69 Å². The molecule has 3 rings (SSSR count). The van der Waals surface area contributed by atoms with Gasteiger partial charge in [0.25, 0.3) is 5.91 Å². The Morgan fingerprint density at radius 2 is 1.96 bits per heavy atom. The van der Waals surface area contributed by atoms with Gasteiger partial charge in [0, 0.05) is 0 Å². The van der Waals surface area contributed by atoms with Crippen LogP contribution >= 0.6 is 24.0 Å². The maximum atomic E-state index is 12.8. The highest BCUT2D eigenvalue weighted by Crippen LogP contribution is 2.36. The summed E-state index contributed by atoms with van der Waals surface area (Å²) in [5, 5.41) is 0. The summed E-state index contributed by atoms with van der Waals surface area (Å²) in [5.41, 5.74) is 2.87. The first-order valence-electron chi connectivity index (χ1n) is 8.66. The molecule has 26 heavy (non-hydrogen) atoms. The monoisotopic (exact) mass is 383 g/mol. The zero-order valence-electron chi connectivity index (χ0n) is 14.9. The Hall–Kier alpha value is -2.11. The Kier molecular flexibility index (Phi) is 6.12. The molecule has 2 aromatic carbocycles. The zero-order chi connectivity index (χ0) is 18.5. The average Bonchev–Trinajstić information content (AvgIpc) is 2.90. The van der Waals surface area contributed by atoms with Gasteiger partial charge in [0.1, 0.15) is 5.75 Å². The summed E-state index contributed by atoms with van der Waals surface area (Å²) in [7, 11) is 0. The van der Waals surface area contributed by atoms with Gasteiger partial charge in [-0.1, -0.05) is 61.6 Å². The van der Waals surface area contributed by atoms with Crippen LogP contribution < -0.4 is 9.64 Å². The number of aryl methyl sites for hydroxylation is 1. The van der Waals surface area contributed by atoms with Crippen LogP contribution in [0.1, 0.15) is 30.9 Å². The highest BCUT2D eigenvalue weighted by molar-refractivity contribution is 8.27. The SMILES string of the molecule is CCCCOc1ccc(C=C2SC(=S)N(c3cccc(C)c3)C2=O)cc1. The fraction of sp³-hybridized carbons (Fsp3) is 0.238. The molecule has 1 aliphatic heterocycles. The number of carbonyl (C=O) groups excluding carboxylic acids is 1. The van der Waals surface area contributed by atoms with Crippen molar-refractivity contribution >= 4 is 46.0 Å². The molecule has 1 aliphatic rings. The third-order valence-electron chi connectivity index (χ3n) is 4.00. The summed E-state index contributed by atoms with van der Waals surface area (Å²) in [4.78, 5) is 15.0. The van der Waals surface area contributed by atoms with Crippen molar-refractivity contribution in [3.8, 4) is 5.75 Å². The number of thiocarbonyl (C=S) groups is 1. The van der Waals surface area contributed by atoms with Gasteiger partial charge in [-0.3, -0.25) is 9.69 Å². The number of thioether (sulfide) groups is 1. The number of nitrogens with zero attached hydrogens (tertiary/aromatic N) is 1. The predicted octanol–water partition coefficient (Wildman–Crippen LogP) is 5.58. The van der Waals surface area contributed by atoms with Gasteiger partial charge >= 0.3 is 0 Å². The fourth-order valence-electron chi connectivity index (χ4n) is 2.60. The molecule has 0 aromatic heterocycles. The van der Waals surface area contributed by atoms with E-state index in [0.717, 1.165) is 42.0 Å². The smallest absolute Gasteiger partial charge is 0.270 e. The molecule has 0 atom stereocenters. The molecule has 3 nitrogen and oxygen atoms in total. The van der Waals surface area contributed by atoms with Gasteiger partial charge in [-0.2, -0.15) is 0 Å². The van der Waals surface area contributed by atoms with Crippen LogP contribution in [0.25, 0.3) is 6.08 Å². The molecular formula is C21H21NO2S2. The van der Waals surface area contributed by atoms with E-state index in [1.807, 2.05) is 61.5 Å². The van der Waals surface area contributed by atoms with Gasteiger partial charge in [0.2, 0.25) is 0 Å². The molecule has 0 spiro atoms. The predicted molar refractivity (Wildman–Crippen MR) is 114 cm³/mol. The first kappa shape index (κ1) is 18.7. The molecule has 0 aliphatic carbocycles. The molecule has 0 saturated carbocycles. The second-order valence-corrected chi connectivity index (χ2v) is 7.80. The van der Waals surface area contributed by atoms with E-state index in [0.29, 0.717) is 9.23 Å². The Bertz CT molecular complexity index is 843. The lowest BCUT2D eigenvalue weighted by Crippen LogP contribution is -2.27. The van der Waals surface area contributed by atoms with Gasteiger partial charge in [0.15, 0.2) is 4.32 Å². The Morgan fingerprint density at radius 3 is 2.65 bits per heavy atom. The quantitative estimate of drug-likeness (QED) is 0.370. The molecular weight excluding hydrogens is 362 g/mol. The normalized spacial score (nSPS) is 15.8. The first-order valence-corrected chi connectivity index (χ1v) is 9.88. The lowest BCUT2D eigenvalue weighted by atomic mass is 10.2. The summed E-state index contributed by atoms with van der Waals surface area (Å²) in [6, 6.07) is 15.6. The van der Waals surface area contributed by atoms with Crippen molar-refractivity contribution in [2.24, 2.45) is 0 Å². The van der Waals surface area contributed by atoms with Crippen molar-refractivity contribution < 1.29 is 9.53 Å². The fourth-order valence-corrected chi connectivity index (χ4v) is 3.90. The van der Waals surface area contributed by atoms with E-state index in [9.17, 15) is 4.79 Å². The zero-order valence-corrected chi connectivity index (χ0v) is 16.5. The number of amides is 1. The molecule has 1 amide bonds. The summed E-state index contributed by atoms with van der Waals surface area (Å²) in [6.07, 6.45) is 4.04. The lowest BCUT2D eigenvalue weighted by Gasteiger charge is -2.14. The van der Waals surface area contributed by atoms with E-state index in [4.69, 9.17) is 17.0 Å². The Labute approximate surface area is 164 Å². The maximum absolute atomic E-state index is 12.8. The van der Waals surface area contributed by atoms with Crippen LogP contribution in [0.15, 0.2) is 53.4 Å². The number of anilines is 1. The van der Waals surface area contributed by atoms with Crippen molar-refractivity contribution in [2.75, 3.05) is 11.5 Å². The van der Waals surface area contributed by atoms with Crippen LogP contribution in [0.5, 0.6) is 5.75 Å². The molecule has 1 heterocycles. The van der Waals surface area contributed by atoms with Gasteiger partial charge in [0.05, 0.1) is 17.2 Å². The number of benzene rings is 2. The Balaban J connectivity index is 1.75. The molecule has 0 radical (unpaired) electrons. The highest BCUT2D eigenvalue weighted by Gasteiger charge is 2.33. The number of hydrogen-bond donors (Lipinski definition) is 0. The number of carbonyl (C=O) groups is 1. The minimum absolute atomic E-state index is 0.0751. The average molecular weight is 384 g/mol. The largest absolute Gasteiger partial charge is 0.494 e. The summed E-state index contributed by atoms with van der Waals surface area (Å²) >= 11 is 6.76. The van der Waals surface area contributed by atoms with Gasteiger partial charge in [-0.15, -0.1) is 0 Å². The number of rotatable bonds is 6. The molecule has 1 saturated heterocycles. The second kappa shape index (κ2) is 8.52. The lowest BCUT2D eigenvalue weighted by molar-refractivity contribution is -0.113. The number of hydrogen-bond acceptors (Lipinski definition) is 4. The van der Waals surface area contributed by atoms with E-state index in [1.165, 1.54) is 11.8 Å².